The average molecular weight is 267 g/mol. The fourth-order valence-electron chi connectivity index (χ4n) is 1.40. The lowest BCUT2D eigenvalue weighted by Crippen LogP contribution is -2.03. The van der Waals surface area contributed by atoms with Gasteiger partial charge in [-0.05, 0) is 17.9 Å². The Labute approximate surface area is 106 Å². The molecular weight excluding hydrogens is 258 g/mol. The molecule has 0 atom stereocenters. The number of hydrogen-bond acceptors (Lipinski definition) is 5. The maximum Gasteiger partial charge on any atom is 0.356 e. The number of ketones is 1. The number of hydrogen-bond donors (Lipinski definition) is 1. The number of thiophene rings is 1. The van der Waals surface area contributed by atoms with Crippen LogP contribution in [0.1, 0.15) is 32.6 Å². The van der Waals surface area contributed by atoms with Gasteiger partial charge >= 0.3 is 5.97 Å². The molecule has 0 saturated heterocycles. The van der Waals surface area contributed by atoms with Crippen LogP contribution < -0.4 is 0 Å². The molecule has 0 spiro atoms. The van der Waals surface area contributed by atoms with E-state index in [-0.39, 0.29) is 16.4 Å². The van der Waals surface area contributed by atoms with Crippen LogP contribution in [0.2, 0.25) is 0 Å². The number of aryl methyl sites for hydroxylation is 1. The zero-order chi connectivity index (χ0) is 12.6. The quantitative estimate of drug-likeness (QED) is 0.868. The first-order chi connectivity index (χ1) is 8.00. The van der Waals surface area contributed by atoms with Crippen LogP contribution in [0, 0.1) is 6.92 Å². The van der Waals surface area contributed by atoms with Gasteiger partial charge in [-0.2, -0.15) is 11.3 Å². The van der Waals surface area contributed by atoms with Gasteiger partial charge in [0.1, 0.15) is 9.88 Å². The van der Waals surface area contributed by atoms with Crippen LogP contribution >= 0.6 is 22.7 Å². The van der Waals surface area contributed by atoms with Gasteiger partial charge in [0, 0.05) is 17.9 Å². The van der Waals surface area contributed by atoms with Crippen molar-refractivity contribution in [2.24, 2.45) is 0 Å². The third-order valence-corrected chi connectivity index (χ3v) is 4.29. The number of rotatable bonds is 3. The second kappa shape index (κ2) is 4.38. The first-order valence-corrected chi connectivity index (χ1v) is 6.55. The van der Waals surface area contributed by atoms with Gasteiger partial charge in [0.25, 0.3) is 0 Å². The number of carbonyl (C=O) groups is 2. The molecule has 17 heavy (non-hydrogen) atoms. The van der Waals surface area contributed by atoms with Crippen molar-refractivity contribution in [3.63, 3.8) is 0 Å². The van der Waals surface area contributed by atoms with Crippen LogP contribution in [-0.2, 0) is 0 Å². The summed E-state index contributed by atoms with van der Waals surface area (Å²) in [7, 11) is 0. The van der Waals surface area contributed by atoms with E-state index in [0.717, 1.165) is 22.5 Å². The summed E-state index contributed by atoms with van der Waals surface area (Å²) in [6.07, 6.45) is 0. The van der Waals surface area contributed by atoms with E-state index in [1.165, 1.54) is 18.3 Å². The van der Waals surface area contributed by atoms with Gasteiger partial charge in [0.2, 0.25) is 0 Å². The van der Waals surface area contributed by atoms with Crippen LogP contribution in [0.15, 0.2) is 10.8 Å². The van der Waals surface area contributed by atoms with Crippen molar-refractivity contribution >= 4 is 34.4 Å². The Balaban J connectivity index is 2.59. The van der Waals surface area contributed by atoms with E-state index in [4.69, 9.17) is 5.11 Å². The van der Waals surface area contributed by atoms with Crippen molar-refractivity contribution in [3.05, 3.63) is 26.9 Å². The zero-order valence-electron chi connectivity index (χ0n) is 9.18. The number of carboxylic acids is 1. The molecule has 0 aliphatic heterocycles. The summed E-state index contributed by atoms with van der Waals surface area (Å²) in [6.45, 7) is 3.28. The maximum absolute atomic E-state index is 11.3. The molecule has 0 unspecified atom stereocenters. The van der Waals surface area contributed by atoms with E-state index in [2.05, 4.69) is 4.98 Å². The molecular formula is C11H9NO3S2. The SMILES string of the molecule is CC(=O)c1sc(-c2cscc2C)nc1C(=O)O. The van der Waals surface area contributed by atoms with Crippen LogP contribution in [0.4, 0.5) is 0 Å². The van der Waals surface area contributed by atoms with Crippen molar-refractivity contribution < 1.29 is 14.7 Å². The van der Waals surface area contributed by atoms with Crippen LogP contribution in [0.3, 0.4) is 0 Å². The minimum Gasteiger partial charge on any atom is -0.476 e. The van der Waals surface area contributed by atoms with E-state index < -0.39 is 5.97 Å². The lowest BCUT2D eigenvalue weighted by atomic mass is 10.2. The van der Waals surface area contributed by atoms with E-state index in [9.17, 15) is 9.59 Å². The Morgan fingerprint density at radius 3 is 2.47 bits per heavy atom. The van der Waals surface area contributed by atoms with Gasteiger partial charge in [-0.1, -0.05) is 0 Å². The zero-order valence-corrected chi connectivity index (χ0v) is 10.8. The molecule has 0 amide bonds. The van der Waals surface area contributed by atoms with Gasteiger partial charge in [0.05, 0.1) is 0 Å². The topological polar surface area (TPSA) is 67.3 Å². The molecule has 1 N–H and O–H groups in total. The lowest BCUT2D eigenvalue weighted by molar-refractivity contribution is 0.0687. The van der Waals surface area contributed by atoms with E-state index in [0.29, 0.717) is 5.01 Å². The summed E-state index contributed by atoms with van der Waals surface area (Å²) in [4.78, 5) is 26.6. The van der Waals surface area contributed by atoms with Crippen molar-refractivity contribution in [1.82, 2.24) is 4.98 Å². The van der Waals surface area contributed by atoms with Gasteiger partial charge < -0.3 is 5.11 Å². The highest BCUT2D eigenvalue weighted by molar-refractivity contribution is 7.17. The molecule has 0 aliphatic rings. The van der Waals surface area contributed by atoms with Gasteiger partial charge in [0.15, 0.2) is 11.5 Å². The standard InChI is InChI=1S/C11H9NO3S2/c1-5-3-16-4-7(5)10-12-8(11(14)15)9(17-10)6(2)13/h3-4H,1-2H3,(H,14,15). The lowest BCUT2D eigenvalue weighted by Gasteiger charge is -1.91. The fraction of sp³-hybridized carbons (Fsp3) is 0.182. The fourth-order valence-corrected chi connectivity index (χ4v) is 3.34. The second-order valence-corrected chi connectivity index (χ2v) is 5.27. The highest BCUT2D eigenvalue weighted by atomic mass is 32.1. The Morgan fingerprint density at radius 2 is 2.06 bits per heavy atom. The Bertz CT molecular complexity index is 566. The largest absolute Gasteiger partial charge is 0.476 e. The molecule has 4 nitrogen and oxygen atoms in total. The van der Waals surface area contributed by atoms with Gasteiger partial charge in [-0.3, -0.25) is 4.79 Å². The van der Waals surface area contributed by atoms with Crippen molar-refractivity contribution in [1.29, 1.82) is 0 Å². The van der Waals surface area contributed by atoms with Crippen LogP contribution in [-0.4, -0.2) is 21.8 Å². The predicted molar refractivity (Wildman–Crippen MR) is 67.1 cm³/mol. The van der Waals surface area contributed by atoms with Crippen molar-refractivity contribution in [2.75, 3.05) is 0 Å². The smallest absolute Gasteiger partial charge is 0.356 e. The van der Waals surface area contributed by atoms with Crippen LogP contribution in [0.5, 0.6) is 0 Å². The molecule has 0 saturated carbocycles. The predicted octanol–water partition coefficient (Wildman–Crippen LogP) is 3.08. The number of carboxylic acid groups (broad SMARTS) is 1. The highest BCUT2D eigenvalue weighted by Crippen LogP contribution is 2.32. The Hall–Kier alpha value is -1.53. The van der Waals surface area contributed by atoms with Gasteiger partial charge in [-0.25, -0.2) is 9.78 Å². The second-order valence-electron chi connectivity index (χ2n) is 3.53. The summed E-state index contributed by atoms with van der Waals surface area (Å²) < 4.78 is 0. The molecule has 2 heterocycles. The molecule has 2 rings (SSSR count). The Kier molecular flexibility index (Phi) is 3.08. The molecule has 0 fully saturated rings. The molecule has 2 aromatic rings. The van der Waals surface area contributed by atoms with Crippen molar-refractivity contribution in [3.8, 4) is 10.6 Å². The molecule has 0 aromatic carbocycles. The summed E-state index contributed by atoms with van der Waals surface area (Å²) in [6, 6.07) is 0. The molecule has 0 aliphatic carbocycles. The van der Waals surface area contributed by atoms with E-state index in [1.807, 2.05) is 17.7 Å². The summed E-state index contributed by atoms with van der Waals surface area (Å²) in [5.41, 5.74) is 1.79. The number of nitrogens with zero attached hydrogens (tertiary/aromatic N) is 1. The third kappa shape index (κ3) is 2.13. The third-order valence-electron chi connectivity index (χ3n) is 2.24. The maximum atomic E-state index is 11.3. The first-order valence-electron chi connectivity index (χ1n) is 4.79. The molecule has 0 radical (unpaired) electrons. The first kappa shape index (κ1) is 11.9. The highest BCUT2D eigenvalue weighted by Gasteiger charge is 2.21. The summed E-state index contributed by atoms with van der Waals surface area (Å²) >= 11 is 2.66. The number of aromatic nitrogens is 1. The summed E-state index contributed by atoms with van der Waals surface area (Å²) in [5.74, 6) is -1.43. The molecule has 6 heteroatoms. The molecule has 0 bridgehead atoms. The number of carbonyl (C=O) groups excluding carboxylic acids is 1. The normalized spacial score (nSPS) is 10.5. The van der Waals surface area contributed by atoms with E-state index in [1.54, 1.807) is 0 Å². The molecule has 2 aromatic heterocycles. The number of aromatic carboxylic acids is 1. The van der Waals surface area contributed by atoms with Gasteiger partial charge in [-0.15, -0.1) is 11.3 Å². The number of Topliss-reactive ketones (excluding diaryl/α,β-unsaturated/α-hetero) is 1. The number of thiazole rings is 1. The summed E-state index contributed by atoms with van der Waals surface area (Å²) in [5, 5.41) is 13.4. The minimum absolute atomic E-state index is 0.150. The molecule has 88 valence electrons. The minimum atomic E-state index is -1.16. The van der Waals surface area contributed by atoms with E-state index >= 15 is 0 Å². The monoisotopic (exact) mass is 267 g/mol. The van der Waals surface area contributed by atoms with Crippen LogP contribution in [0.25, 0.3) is 10.6 Å². The van der Waals surface area contributed by atoms with Crippen molar-refractivity contribution in [2.45, 2.75) is 13.8 Å². The Morgan fingerprint density at radius 1 is 1.35 bits per heavy atom. The average Bonchev–Trinajstić information content (AvgIpc) is 2.82.